The lowest BCUT2D eigenvalue weighted by Crippen LogP contribution is -2.40. The van der Waals surface area contributed by atoms with Crippen LogP contribution in [0.2, 0.25) is 0 Å². The van der Waals surface area contributed by atoms with E-state index in [1.807, 2.05) is 39.0 Å². The molecule has 1 aromatic rings. The van der Waals surface area contributed by atoms with Gasteiger partial charge in [-0.25, -0.2) is 0 Å². The van der Waals surface area contributed by atoms with Crippen LogP contribution in [0.15, 0.2) is 18.2 Å². The molecule has 0 bridgehead atoms. The highest BCUT2D eigenvalue weighted by Crippen LogP contribution is 2.25. The van der Waals surface area contributed by atoms with Gasteiger partial charge in [-0.05, 0) is 45.5 Å². The summed E-state index contributed by atoms with van der Waals surface area (Å²) in [6, 6.07) is 5.69. The van der Waals surface area contributed by atoms with E-state index in [1.54, 1.807) is 14.0 Å². The molecule has 1 amide bonds. The maximum absolute atomic E-state index is 11.9. The van der Waals surface area contributed by atoms with Crippen molar-refractivity contribution in [1.82, 2.24) is 10.6 Å². The van der Waals surface area contributed by atoms with Gasteiger partial charge >= 0.3 is 0 Å². The largest absolute Gasteiger partial charge is 0.497 e. The van der Waals surface area contributed by atoms with Crippen molar-refractivity contribution in [3.63, 3.8) is 0 Å². The highest BCUT2D eigenvalue weighted by molar-refractivity contribution is 5.80. The topological polar surface area (TPSA) is 59.6 Å². The standard InChI is InChI=1S/C16H26N2O3/c1-6-17-10-13-9-14(20-5)7-8-15(13)21-12(4)16(19)18-11(2)3/h7-9,11-12,17H,6,10H2,1-5H3,(H,18,19). The van der Waals surface area contributed by atoms with Gasteiger partial charge in [-0.2, -0.15) is 0 Å². The monoisotopic (exact) mass is 294 g/mol. The molecule has 1 unspecified atom stereocenters. The molecule has 1 aromatic carbocycles. The molecule has 5 nitrogen and oxygen atoms in total. The molecule has 0 radical (unpaired) electrons. The SMILES string of the molecule is CCNCc1cc(OC)ccc1OC(C)C(=O)NC(C)C. The number of nitrogens with one attached hydrogen (secondary N) is 2. The van der Waals surface area contributed by atoms with Gasteiger partial charge in [-0.3, -0.25) is 4.79 Å². The highest BCUT2D eigenvalue weighted by atomic mass is 16.5. The summed E-state index contributed by atoms with van der Waals surface area (Å²) in [6.45, 7) is 9.17. The van der Waals surface area contributed by atoms with Crippen LogP contribution in [0.3, 0.4) is 0 Å². The van der Waals surface area contributed by atoms with E-state index in [4.69, 9.17) is 9.47 Å². The number of carbonyl (C=O) groups is 1. The molecule has 1 rings (SSSR count). The van der Waals surface area contributed by atoms with Crippen molar-refractivity contribution >= 4 is 5.91 Å². The number of methoxy groups -OCH3 is 1. The molecule has 0 spiro atoms. The summed E-state index contributed by atoms with van der Waals surface area (Å²) >= 11 is 0. The van der Waals surface area contributed by atoms with E-state index < -0.39 is 6.10 Å². The summed E-state index contributed by atoms with van der Waals surface area (Å²) in [5, 5.41) is 6.10. The highest BCUT2D eigenvalue weighted by Gasteiger charge is 2.17. The summed E-state index contributed by atoms with van der Waals surface area (Å²) in [6.07, 6.45) is -0.541. The van der Waals surface area contributed by atoms with Crippen molar-refractivity contribution in [2.75, 3.05) is 13.7 Å². The van der Waals surface area contributed by atoms with Crippen LogP contribution in [-0.2, 0) is 11.3 Å². The average Bonchev–Trinajstić information content (AvgIpc) is 2.45. The zero-order valence-electron chi connectivity index (χ0n) is 13.5. The van der Waals surface area contributed by atoms with Crippen LogP contribution < -0.4 is 20.1 Å². The van der Waals surface area contributed by atoms with Gasteiger partial charge in [0.15, 0.2) is 6.10 Å². The third-order valence-corrected chi connectivity index (χ3v) is 2.94. The fourth-order valence-corrected chi connectivity index (χ4v) is 1.84. The normalized spacial score (nSPS) is 12.1. The first-order valence-electron chi connectivity index (χ1n) is 7.32. The second-order valence-corrected chi connectivity index (χ2v) is 5.18. The molecule has 2 N–H and O–H groups in total. The fourth-order valence-electron chi connectivity index (χ4n) is 1.84. The Morgan fingerprint density at radius 2 is 2.00 bits per heavy atom. The number of amides is 1. The molecule has 0 aliphatic carbocycles. The number of rotatable bonds is 8. The minimum absolute atomic E-state index is 0.0978. The first kappa shape index (κ1) is 17.3. The molecule has 0 aromatic heterocycles. The van der Waals surface area contributed by atoms with E-state index in [1.165, 1.54) is 0 Å². The van der Waals surface area contributed by atoms with Crippen molar-refractivity contribution in [3.8, 4) is 11.5 Å². The van der Waals surface area contributed by atoms with E-state index in [0.29, 0.717) is 12.3 Å². The second kappa shape index (κ2) is 8.52. The van der Waals surface area contributed by atoms with Crippen LogP contribution in [0, 0.1) is 0 Å². The molecule has 0 fully saturated rings. The van der Waals surface area contributed by atoms with Gasteiger partial charge in [0.1, 0.15) is 11.5 Å². The van der Waals surface area contributed by atoms with Gasteiger partial charge in [-0.1, -0.05) is 6.92 Å². The number of hydrogen-bond donors (Lipinski definition) is 2. The van der Waals surface area contributed by atoms with Crippen LogP contribution in [0.4, 0.5) is 0 Å². The molecular weight excluding hydrogens is 268 g/mol. The first-order valence-corrected chi connectivity index (χ1v) is 7.32. The lowest BCUT2D eigenvalue weighted by atomic mass is 10.2. The Kier molecular flexibility index (Phi) is 7.02. The number of hydrogen-bond acceptors (Lipinski definition) is 4. The van der Waals surface area contributed by atoms with Gasteiger partial charge in [0.2, 0.25) is 0 Å². The van der Waals surface area contributed by atoms with Crippen molar-refractivity contribution in [3.05, 3.63) is 23.8 Å². The minimum Gasteiger partial charge on any atom is -0.497 e. The zero-order valence-corrected chi connectivity index (χ0v) is 13.5. The van der Waals surface area contributed by atoms with Crippen LogP contribution in [-0.4, -0.2) is 31.7 Å². The molecule has 1 atom stereocenters. The van der Waals surface area contributed by atoms with Gasteiger partial charge in [0, 0.05) is 18.2 Å². The summed E-state index contributed by atoms with van der Waals surface area (Å²) in [7, 11) is 1.63. The maximum Gasteiger partial charge on any atom is 0.260 e. The molecule has 0 saturated carbocycles. The van der Waals surface area contributed by atoms with Crippen molar-refractivity contribution < 1.29 is 14.3 Å². The maximum atomic E-state index is 11.9. The lowest BCUT2D eigenvalue weighted by molar-refractivity contribution is -0.127. The summed E-state index contributed by atoms with van der Waals surface area (Å²) < 4.78 is 11.0. The van der Waals surface area contributed by atoms with E-state index in [0.717, 1.165) is 17.9 Å². The van der Waals surface area contributed by atoms with Gasteiger partial charge in [0.25, 0.3) is 5.91 Å². The predicted molar refractivity (Wildman–Crippen MR) is 83.7 cm³/mol. The Balaban J connectivity index is 2.82. The van der Waals surface area contributed by atoms with E-state index in [-0.39, 0.29) is 11.9 Å². The molecule has 5 heteroatoms. The molecule has 0 aliphatic rings. The fraction of sp³-hybridized carbons (Fsp3) is 0.562. The third-order valence-electron chi connectivity index (χ3n) is 2.94. The van der Waals surface area contributed by atoms with E-state index in [9.17, 15) is 4.79 Å². The molecule has 0 heterocycles. The van der Waals surface area contributed by atoms with Crippen molar-refractivity contribution in [1.29, 1.82) is 0 Å². The molecule has 0 saturated heterocycles. The Morgan fingerprint density at radius 1 is 1.29 bits per heavy atom. The average molecular weight is 294 g/mol. The number of benzene rings is 1. The van der Waals surface area contributed by atoms with Crippen LogP contribution in [0.25, 0.3) is 0 Å². The smallest absolute Gasteiger partial charge is 0.260 e. The Bertz CT molecular complexity index is 461. The van der Waals surface area contributed by atoms with E-state index >= 15 is 0 Å². The summed E-state index contributed by atoms with van der Waals surface area (Å²) in [5.41, 5.74) is 0.973. The quantitative estimate of drug-likeness (QED) is 0.771. The zero-order chi connectivity index (χ0) is 15.8. The molecule has 118 valence electrons. The lowest BCUT2D eigenvalue weighted by Gasteiger charge is -2.19. The Labute approximate surface area is 127 Å². The Hall–Kier alpha value is -1.75. The Morgan fingerprint density at radius 3 is 2.57 bits per heavy atom. The summed E-state index contributed by atoms with van der Waals surface area (Å²) in [4.78, 5) is 11.9. The minimum atomic E-state index is -0.541. The predicted octanol–water partition coefficient (Wildman–Crippen LogP) is 2.10. The summed E-state index contributed by atoms with van der Waals surface area (Å²) in [5.74, 6) is 1.35. The molecule has 21 heavy (non-hydrogen) atoms. The van der Waals surface area contributed by atoms with Crippen LogP contribution >= 0.6 is 0 Å². The van der Waals surface area contributed by atoms with Crippen molar-refractivity contribution in [2.24, 2.45) is 0 Å². The third kappa shape index (κ3) is 5.63. The second-order valence-electron chi connectivity index (χ2n) is 5.18. The van der Waals surface area contributed by atoms with Crippen molar-refractivity contribution in [2.45, 2.75) is 46.4 Å². The van der Waals surface area contributed by atoms with E-state index in [2.05, 4.69) is 10.6 Å². The van der Waals surface area contributed by atoms with Gasteiger partial charge < -0.3 is 20.1 Å². The van der Waals surface area contributed by atoms with Crippen LogP contribution in [0.1, 0.15) is 33.3 Å². The molecule has 0 aliphatic heterocycles. The van der Waals surface area contributed by atoms with Gasteiger partial charge in [0.05, 0.1) is 7.11 Å². The number of carbonyl (C=O) groups excluding carboxylic acids is 1. The van der Waals surface area contributed by atoms with Gasteiger partial charge in [-0.15, -0.1) is 0 Å². The molecular formula is C16H26N2O3. The number of ether oxygens (including phenoxy) is 2. The van der Waals surface area contributed by atoms with Crippen LogP contribution in [0.5, 0.6) is 11.5 Å². The first-order chi connectivity index (χ1) is 9.97.